The molecular formula is C21H21NO4. The number of hydrogen-bond donors (Lipinski definition) is 1. The average molecular weight is 351 g/mol. The number of aryl methyl sites for hydroxylation is 1. The molecule has 0 spiro atoms. The van der Waals surface area contributed by atoms with Crippen LogP contribution in [0.5, 0.6) is 11.5 Å². The van der Waals surface area contributed by atoms with Gasteiger partial charge in [-0.1, -0.05) is 24.3 Å². The molecule has 134 valence electrons. The van der Waals surface area contributed by atoms with Crippen molar-refractivity contribution >= 4 is 16.9 Å². The number of fused-ring (bicyclic) bond motifs is 1. The fraction of sp³-hybridized carbons (Fsp3) is 0.238. The second kappa shape index (κ2) is 8.34. The van der Waals surface area contributed by atoms with Crippen molar-refractivity contribution < 1.29 is 19.4 Å². The number of benzene rings is 2. The summed E-state index contributed by atoms with van der Waals surface area (Å²) in [6.07, 6.45) is 2.28. The fourth-order valence-corrected chi connectivity index (χ4v) is 2.82. The van der Waals surface area contributed by atoms with Gasteiger partial charge in [0.05, 0.1) is 12.1 Å². The third-order valence-corrected chi connectivity index (χ3v) is 4.08. The highest BCUT2D eigenvalue weighted by Crippen LogP contribution is 2.27. The Morgan fingerprint density at radius 3 is 2.77 bits per heavy atom. The van der Waals surface area contributed by atoms with Crippen molar-refractivity contribution in [3.63, 3.8) is 0 Å². The molecule has 0 amide bonds. The third kappa shape index (κ3) is 4.30. The predicted molar refractivity (Wildman–Crippen MR) is 99.6 cm³/mol. The van der Waals surface area contributed by atoms with Gasteiger partial charge >= 0.3 is 5.97 Å². The van der Waals surface area contributed by atoms with Gasteiger partial charge in [0.15, 0.2) is 0 Å². The van der Waals surface area contributed by atoms with E-state index in [0.29, 0.717) is 31.1 Å². The van der Waals surface area contributed by atoms with Crippen LogP contribution in [-0.2, 0) is 17.8 Å². The molecular weight excluding hydrogens is 330 g/mol. The number of aliphatic carboxylic acids is 1. The van der Waals surface area contributed by atoms with E-state index in [4.69, 9.17) is 14.6 Å². The Bertz CT molecular complexity index is 902. The van der Waals surface area contributed by atoms with E-state index >= 15 is 0 Å². The standard InChI is InChI=1S/C21H21NO4/c1-2-25-20-13-17(10-8-15(20)9-11-21(23)24)26-14-16-5-3-7-19-18(16)6-4-12-22-19/h3-8,10,12-13H,2,9,11,14H2,1H3,(H,23,24). The lowest BCUT2D eigenvalue weighted by Crippen LogP contribution is -2.02. The third-order valence-electron chi connectivity index (χ3n) is 4.08. The minimum Gasteiger partial charge on any atom is -0.493 e. The van der Waals surface area contributed by atoms with E-state index in [2.05, 4.69) is 4.98 Å². The molecule has 0 atom stereocenters. The molecule has 1 aromatic heterocycles. The summed E-state index contributed by atoms with van der Waals surface area (Å²) >= 11 is 0. The molecule has 2 aromatic carbocycles. The Balaban J connectivity index is 1.76. The van der Waals surface area contributed by atoms with Crippen LogP contribution in [0.25, 0.3) is 10.9 Å². The Labute approximate surface area is 152 Å². The minimum atomic E-state index is -0.822. The molecule has 5 nitrogen and oxygen atoms in total. The van der Waals surface area contributed by atoms with Crippen LogP contribution >= 0.6 is 0 Å². The molecule has 1 heterocycles. The number of aromatic nitrogens is 1. The molecule has 0 saturated heterocycles. The molecule has 5 heteroatoms. The van der Waals surface area contributed by atoms with Gasteiger partial charge in [0.2, 0.25) is 0 Å². The normalized spacial score (nSPS) is 10.7. The topological polar surface area (TPSA) is 68.7 Å². The molecule has 3 rings (SSSR count). The molecule has 0 aliphatic carbocycles. The van der Waals surface area contributed by atoms with Crippen LogP contribution in [0.2, 0.25) is 0 Å². The monoisotopic (exact) mass is 351 g/mol. The van der Waals surface area contributed by atoms with Gasteiger partial charge in [-0.3, -0.25) is 9.78 Å². The number of hydrogen-bond acceptors (Lipinski definition) is 4. The molecule has 0 fully saturated rings. The Morgan fingerprint density at radius 1 is 1.08 bits per heavy atom. The number of carboxylic acid groups (broad SMARTS) is 1. The molecule has 0 radical (unpaired) electrons. The van der Waals surface area contributed by atoms with Gasteiger partial charge in [-0.2, -0.15) is 0 Å². The molecule has 3 aromatic rings. The summed E-state index contributed by atoms with van der Waals surface area (Å²) in [6.45, 7) is 2.83. The van der Waals surface area contributed by atoms with Crippen LogP contribution in [0.15, 0.2) is 54.7 Å². The van der Waals surface area contributed by atoms with Crippen LogP contribution in [0.3, 0.4) is 0 Å². The van der Waals surface area contributed by atoms with Crippen molar-refractivity contribution in [1.82, 2.24) is 4.98 Å². The van der Waals surface area contributed by atoms with E-state index < -0.39 is 5.97 Å². The smallest absolute Gasteiger partial charge is 0.303 e. The number of rotatable bonds is 8. The van der Waals surface area contributed by atoms with Crippen molar-refractivity contribution in [2.24, 2.45) is 0 Å². The molecule has 0 unspecified atom stereocenters. The first-order valence-corrected chi connectivity index (χ1v) is 8.60. The Hall–Kier alpha value is -3.08. The van der Waals surface area contributed by atoms with Gasteiger partial charge in [0.1, 0.15) is 18.1 Å². The van der Waals surface area contributed by atoms with Gasteiger partial charge in [0.25, 0.3) is 0 Å². The van der Waals surface area contributed by atoms with E-state index in [9.17, 15) is 4.79 Å². The zero-order chi connectivity index (χ0) is 18.4. The highest BCUT2D eigenvalue weighted by molar-refractivity contribution is 5.81. The van der Waals surface area contributed by atoms with Crippen molar-refractivity contribution in [3.8, 4) is 11.5 Å². The molecule has 0 aliphatic rings. The van der Waals surface area contributed by atoms with Gasteiger partial charge in [-0.15, -0.1) is 0 Å². The van der Waals surface area contributed by atoms with E-state index in [1.807, 2.05) is 55.5 Å². The largest absolute Gasteiger partial charge is 0.493 e. The van der Waals surface area contributed by atoms with Crippen LogP contribution in [0.4, 0.5) is 0 Å². The van der Waals surface area contributed by atoms with Crippen LogP contribution in [0, 0.1) is 0 Å². The lowest BCUT2D eigenvalue weighted by Gasteiger charge is -2.13. The van der Waals surface area contributed by atoms with Gasteiger partial charge in [-0.25, -0.2) is 0 Å². The van der Waals surface area contributed by atoms with Crippen LogP contribution in [0.1, 0.15) is 24.5 Å². The van der Waals surface area contributed by atoms with E-state index in [1.54, 1.807) is 6.20 Å². The quantitative estimate of drug-likeness (QED) is 0.658. The Morgan fingerprint density at radius 2 is 1.96 bits per heavy atom. The zero-order valence-corrected chi connectivity index (χ0v) is 14.6. The second-order valence-electron chi connectivity index (χ2n) is 5.87. The maximum absolute atomic E-state index is 10.8. The summed E-state index contributed by atoms with van der Waals surface area (Å²) in [5.41, 5.74) is 2.87. The first kappa shape index (κ1) is 17.7. The van der Waals surface area contributed by atoms with Gasteiger partial charge in [0, 0.05) is 24.1 Å². The Kier molecular flexibility index (Phi) is 5.69. The summed E-state index contributed by atoms with van der Waals surface area (Å²) in [4.78, 5) is 15.2. The number of pyridine rings is 1. The fourth-order valence-electron chi connectivity index (χ4n) is 2.82. The van der Waals surface area contributed by atoms with Crippen molar-refractivity contribution in [1.29, 1.82) is 0 Å². The number of nitrogens with zero attached hydrogens (tertiary/aromatic N) is 1. The van der Waals surface area contributed by atoms with Crippen molar-refractivity contribution in [3.05, 3.63) is 65.9 Å². The summed E-state index contributed by atoms with van der Waals surface area (Å²) in [5, 5.41) is 9.94. The minimum absolute atomic E-state index is 0.0727. The number of carbonyl (C=O) groups is 1. The molecule has 0 aliphatic heterocycles. The lowest BCUT2D eigenvalue weighted by atomic mass is 10.1. The lowest BCUT2D eigenvalue weighted by molar-refractivity contribution is -0.136. The summed E-state index contributed by atoms with van der Waals surface area (Å²) < 4.78 is 11.6. The maximum Gasteiger partial charge on any atom is 0.303 e. The van der Waals surface area contributed by atoms with Crippen LogP contribution in [-0.4, -0.2) is 22.7 Å². The number of carboxylic acids is 1. The van der Waals surface area contributed by atoms with Gasteiger partial charge < -0.3 is 14.6 Å². The average Bonchev–Trinajstić information content (AvgIpc) is 2.65. The number of ether oxygens (including phenoxy) is 2. The van der Waals surface area contributed by atoms with Gasteiger partial charge in [-0.05, 0) is 42.7 Å². The molecule has 0 saturated carbocycles. The molecule has 1 N–H and O–H groups in total. The van der Waals surface area contributed by atoms with E-state index in [0.717, 1.165) is 22.0 Å². The highest BCUT2D eigenvalue weighted by Gasteiger charge is 2.09. The van der Waals surface area contributed by atoms with E-state index in [-0.39, 0.29) is 6.42 Å². The predicted octanol–water partition coefficient (Wildman–Crippen LogP) is 4.23. The summed E-state index contributed by atoms with van der Waals surface area (Å²) in [7, 11) is 0. The molecule has 0 bridgehead atoms. The van der Waals surface area contributed by atoms with E-state index in [1.165, 1.54) is 0 Å². The van der Waals surface area contributed by atoms with Crippen molar-refractivity contribution in [2.45, 2.75) is 26.4 Å². The molecule has 26 heavy (non-hydrogen) atoms. The van der Waals surface area contributed by atoms with Crippen LogP contribution < -0.4 is 9.47 Å². The first-order valence-electron chi connectivity index (χ1n) is 8.60. The summed E-state index contributed by atoms with van der Waals surface area (Å²) in [6, 6.07) is 15.5. The SMILES string of the molecule is CCOc1cc(OCc2cccc3ncccc23)ccc1CCC(=O)O. The maximum atomic E-state index is 10.8. The highest BCUT2D eigenvalue weighted by atomic mass is 16.5. The second-order valence-corrected chi connectivity index (χ2v) is 5.87. The van der Waals surface area contributed by atoms with Crippen molar-refractivity contribution in [2.75, 3.05) is 6.61 Å². The first-order chi connectivity index (χ1) is 12.7. The zero-order valence-electron chi connectivity index (χ0n) is 14.6. The summed E-state index contributed by atoms with van der Waals surface area (Å²) in [5.74, 6) is 0.539.